The molecule has 2 rings (SSSR count). The van der Waals surface area contributed by atoms with Gasteiger partial charge >= 0.3 is 0 Å². The lowest BCUT2D eigenvalue weighted by Crippen LogP contribution is -2.24. The number of anilines is 1. The summed E-state index contributed by atoms with van der Waals surface area (Å²) >= 11 is 1.36. The topological polar surface area (TPSA) is 111 Å². The quantitative estimate of drug-likeness (QED) is 0.510. The highest BCUT2D eigenvalue weighted by atomic mass is 32.1. The number of nitrogen functional groups attached to an aromatic ring is 1. The highest BCUT2D eigenvalue weighted by Gasteiger charge is 2.23. The van der Waals surface area contributed by atoms with Gasteiger partial charge in [0.15, 0.2) is 5.82 Å². The molecule has 2 aromatic rings. The average Bonchev–Trinajstić information content (AvgIpc) is 2.84. The van der Waals surface area contributed by atoms with Crippen LogP contribution in [0.3, 0.4) is 0 Å². The van der Waals surface area contributed by atoms with E-state index in [0.29, 0.717) is 6.07 Å². The zero-order valence-corrected chi connectivity index (χ0v) is 11.7. The van der Waals surface area contributed by atoms with E-state index < -0.39 is 22.3 Å². The summed E-state index contributed by atoms with van der Waals surface area (Å²) in [5, 5.41) is 13.4. The van der Waals surface area contributed by atoms with Gasteiger partial charge in [-0.1, -0.05) is 0 Å². The van der Waals surface area contributed by atoms with Gasteiger partial charge in [-0.05, 0) is 13.0 Å². The van der Waals surface area contributed by atoms with Gasteiger partial charge in [-0.2, -0.15) is 0 Å². The van der Waals surface area contributed by atoms with E-state index in [-0.39, 0.29) is 17.8 Å². The first-order chi connectivity index (χ1) is 9.90. The number of benzene rings is 1. The lowest BCUT2D eigenvalue weighted by molar-refractivity contribution is -0.385. The van der Waals surface area contributed by atoms with Crippen molar-refractivity contribution in [3.63, 3.8) is 0 Å². The molecule has 1 aromatic heterocycles. The number of nitro groups is 1. The van der Waals surface area contributed by atoms with Crippen LogP contribution in [0.1, 0.15) is 20.9 Å². The first kappa shape index (κ1) is 14.9. The Hall–Kier alpha value is -2.55. The monoisotopic (exact) mass is 310 g/mol. The minimum Gasteiger partial charge on any atom is -0.396 e. The van der Waals surface area contributed by atoms with E-state index in [1.165, 1.54) is 11.3 Å². The smallest absolute Gasteiger partial charge is 0.285 e. The third-order valence-electron chi connectivity index (χ3n) is 2.81. The van der Waals surface area contributed by atoms with Crippen LogP contribution in [0.4, 0.5) is 15.8 Å². The Kier molecular flexibility index (Phi) is 4.13. The summed E-state index contributed by atoms with van der Waals surface area (Å²) in [7, 11) is 0. The molecule has 21 heavy (non-hydrogen) atoms. The van der Waals surface area contributed by atoms with E-state index in [1.807, 2.05) is 0 Å². The predicted molar refractivity (Wildman–Crippen MR) is 75.5 cm³/mol. The number of carbonyl (C=O) groups excluding carboxylic acids is 1. The average molecular weight is 310 g/mol. The molecule has 7 nitrogen and oxygen atoms in total. The second-order valence-electron chi connectivity index (χ2n) is 4.19. The first-order valence-electron chi connectivity index (χ1n) is 5.80. The standard InChI is InChI=1S/C12H11FN4O3S/c1-6-11(21-5-16-6)4-15-12(18)7-2-9(14)8(13)3-10(7)17(19)20/h2-3,5H,4,14H2,1H3,(H,15,18). The van der Waals surface area contributed by atoms with Crippen molar-refractivity contribution in [1.82, 2.24) is 10.3 Å². The van der Waals surface area contributed by atoms with E-state index in [9.17, 15) is 19.3 Å². The zero-order chi connectivity index (χ0) is 15.6. The molecule has 1 aromatic carbocycles. The molecule has 0 atom stereocenters. The lowest BCUT2D eigenvalue weighted by atomic mass is 10.1. The van der Waals surface area contributed by atoms with Crippen molar-refractivity contribution in [3.05, 3.63) is 49.7 Å². The maximum Gasteiger partial charge on any atom is 0.285 e. The number of nitrogens with zero attached hydrogens (tertiary/aromatic N) is 2. The number of nitrogens with two attached hydrogens (primary N) is 1. The normalized spacial score (nSPS) is 10.4. The fraction of sp³-hybridized carbons (Fsp3) is 0.167. The Balaban J connectivity index is 2.24. The molecule has 1 amide bonds. The van der Waals surface area contributed by atoms with Gasteiger partial charge in [0, 0.05) is 4.88 Å². The number of nitro benzene ring substituents is 1. The Labute approximate surface area is 122 Å². The largest absolute Gasteiger partial charge is 0.396 e. The summed E-state index contributed by atoms with van der Waals surface area (Å²) in [6.45, 7) is 1.97. The van der Waals surface area contributed by atoms with Crippen molar-refractivity contribution < 1.29 is 14.1 Å². The van der Waals surface area contributed by atoms with E-state index in [4.69, 9.17) is 5.73 Å². The highest BCUT2D eigenvalue weighted by Crippen LogP contribution is 2.24. The van der Waals surface area contributed by atoms with Crippen molar-refractivity contribution in [3.8, 4) is 0 Å². The van der Waals surface area contributed by atoms with Gasteiger partial charge in [0.2, 0.25) is 0 Å². The van der Waals surface area contributed by atoms with Gasteiger partial charge in [-0.25, -0.2) is 9.37 Å². The summed E-state index contributed by atoms with van der Waals surface area (Å²) < 4.78 is 13.3. The molecule has 0 unspecified atom stereocenters. The minimum atomic E-state index is -0.934. The van der Waals surface area contributed by atoms with Gasteiger partial charge in [0.05, 0.1) is 34.4 Å². The lowest BCUT2D eigenvalue weighted by Gasteiger charge is -2.06. The number of halogens is 1. The van der Waals surface area contributed by atoms with Gasteiger partial charge in [-0.15, -0.1) is 11.3 Å². The number of aromatic nitrogens is 1. The second kappa shape index (κ2) is 5.83. The maximum atomic E-state index is 13.3. The van der Waals surface area contributed by atoms with Crippen LogP contribution >= 0.6 is 11.3 Å². The number of rotatable bonds is 4. The number of thiazole rings is 1. The Morgan fingerprint density at radius 3 is 2.86 bits per heavy atom. The van der Waals surface area contributed by atoms with Crippen molar-refractivity contribution in [2.45, 2.75) is 13.5 Å². The van der Waals surface area contributed by atoms with Crippen LogP contribution in [-0.4, -0.2) is 15.8 Å². The molecule has 0 aliphatic rings. The van der Waals surface area contributed by atoms with Crippen molar-refractivity contribution >= 4 is 28.6 Å². The Morgan fingerprint density at radius 2 is 2.29 bits per heavy atom. The van der Waals surface area contributed by atoms with Gasteiger partial charge in [-0.3, -0.25) is 14.9 Å². The van der Waals surface area contributed by atoms with Crippen LogP contribution in [0.15, 0.2) is 17.6 Å². The minimum absolute atomic E-state index is 0.184. The van der Waals surface area contributed by atoms with E-state index >= 15 is 0 Å². The Morgan fingerprint density at radius 1 is 1.57 bits per heavy atom. The van der Waals surface area contributed by atoms with Crippen LogP contribution in [0.2, 0.25) is 0 Å². The van der Waals surface area contributed by atoms with Crippen LogP contribution in [0, 0.1) is 22.9 Å². The number of nitrogens with one attached hydrogen (secondary N) is 1. The molecular weight excluding hydrogens is 299 g/mol. The number of hydrogen-bond acceptors (Lipinski definition) is 6. The zero-order valence-electron chi connectivity index (χ0n) is 10.9. The number of aryl methyl sites for hydroxylation is 1. The fourth-order valence-corrected chi connectivity index (χ4v) is 2.38. The predicted octanol–water partition coefficient (Wildman–Crippen LogP) is 2.01. The first-order valence-corrected chi connectivity index (χ1v) is 6.68. The highest BCUT2D eigenvalue weighted by molar-refractivity contribution is 7.09. The van der Waals surface area contributed by atoms with E-state index in [2.05, 4.69) is 10.3 Å². The summed E-state index contributed by atoms with van der Waals surface area (Å²) in [6.07, 6.45) is 0. The summed E-state index contributed by atoms with van der Waals surface area (Å²) in [6, 6.07) is 1.60. The molecule has 0 radical (unpaired) electrons. The fourth-order valence-electron chi connectivity index (χ4n) is 1.66. The molecule has 1 heterocycles. The second-order valence-corrected chi connectivity index (χ2v) is 5.13. The molecule has 0 saturated heterocycles. The van der Waals surface area contributed by atoms with Crippen molar-refractivity contribution in [2.24, 2.45) is 0 Å². The van der Waals surface area contributed by atoms with Gasteiger partial charge in [0.1, 0.15) is 5.56 Å². The van der Waals surface area contributed by atoms with E-state index in [0.717, 1.165) is 16.6 Å². The number of carbonyl (C=O) groups is 1. The van der Waals surface area contributed by atoms with Crippen molar-refractivity contribution in [2.75, 3.05) is 5.73 Å². The van der Waals surface area contributed by atoms with Crippen LogP contribution in [0.5, 0.6) is 0 Å². The third-order valence-corrected chi connectivity index (χ3v) is 3.75. The van der Waals surface area contributed by atoms with Crippen LogP contribution in [-0.2, 0) is 6.54 Å². The molecule has 9 heteroatoms. The van der Waals surface area contributed by atoms with Crippen molar-refractivity contribution in [1.29, 1.82) is 0 Å². The Bertz CT molecular complexity index is 717. The summed E-state index contributed by atoms with van der Waals surface area (Å²) in [5.74, 6) is -1.63. The summed E-state index contributed by atoms with van der Waals surface area (Å²) in [4.78, 5) is 27.0. The molecular formula is C12H11FN4O3S. The number of amides is 1. The van der Waals surface area contributed by atoms with Crippen LogP contribution < -0.4 is 11.1 Å². The molecule has 0 saturated carbocycles. The van der Waals surface area contributed by atoms with Crippen LogP contribution in [0.25, 0.3) is 0 Å². The van der Waals surface area contributed by atoms with Gasteiger partial charge < -0.3 is 11.1 Å². The molecule has 110 valence electrons. The molecule has 3 N–H and O–H groups in total. The molecule has 0 fully saturated rings. The van der Waals surface area contributed by atoms with Gasteiger partial charge in [0.25, 0.3) is 11.6 Å². The summed E-state index contributed by atoms with van der Waals surface area (Å²) in [5.41, 5.74) is 6.54. The SMILES string of the molecule is Cc1ncsc1CNC(=O)c1cc(N)c(F)cc1[N+](=O)[O-]. The molecule has 0 aliphatic heterocycles. The molecule has 0 bridgehead atoms. The molecule has 0 aliphatic carbocycles. The third kappa shape index (κ3) is 3.14. The molecule has 0 spiro atoms. The van der Waals surface area contributed by atoms with E-state index in [1.54, 1.807) is 12.4 Å². The number of hydrogen-bond donors (Lipinski definition) is 2. The maximum absolute atomic E-state index is 13.3.